The maximum absolute atomic E-state index is 11.2. The predicted molar refractivity (Wildman–Crippen MR) is 47.0 cm³/mol. The van der Waals surface area contributed by atoms with Gasteiger partial charge in [0.15, 0.2) is 0 Å². The van der Waals surface area contributed by atoms with E-state index in [9.17, 15) is 8.42 Å². The van der Waals surface area contributed by atoms with Crippen LogP contribution >= 0.6 is 0 Å². The fourth-order valence-electron chi connectivity index (χ4n) is 0.746. The second kappa shape index (κ2) is 4.01. The molecule has 1 rings (SSSR count). The van der Waals surface area contributed by atoms with Gasteiger partial charge < -0.3 is 0 Å². The Kier molecular flexibility index (Phi) is 2.99. The quantitative estimate of drug-likeness (QED) is 0.420. The Morgan fingerprint density at radius 1 is 1.31 bits per heavy atom. The van der Waals surface area contributed by atoms with E-state index in [2.05, 4.69) is 4.40 Å². The summed E-state index contributed by atoms with van der Waals surface area (Å²) in [7, 11) is -3.68. The van der Waals surface area contributed by atoms with Gasteiger partial charge in [0.2, 0.25) is 0 Å². The Morgan fingerprint density at radius 2 is 1.92 bits per heavy atom. The molecule has 1 aromatic rings. The molecule has 0 radical (unpaired) electrons. The third kappa shape index (κ3) is 2.53. The van der Waals surface area contributed by atoms with Crippen LogP contribution in [-0.4, -0.2) is 20.0 Å². The summed E-state index contributed by atoms with van der Waals surface area (Å²) in [5.74, 6) is 0. The zero-order chi connectivity index (χ0) is 9.73. The topological polar surface area (TPSA) is 78.8 Å². The Balaban J connectivity index is 3.02. The molecular weight excluding hydrogens is 192 g/mol. The molecule has 6 heteroatoms. The lowest BCUT2D eigenvalue weighted by Gasteiger charge is -1.95. The summed E-state index contributed by atoms with van der Waals surface area (Å²) in [5, 5.41) is 8.11. The van der Waals surface area contributed by atoms with Crippen LogP contribution in [0.5, 0.6) is 0 Å². The van der Waals surface area contributed by atoms with Crippen LogP contribution in [0.25, 0.3) is 0 Å². The Bertz CT molecular complexity index is 385. The molecule has 2 N–H and O–H groups in total. The van der Waals surface area contributed by atoms with Crippen molar-refractivity contribution in [3.05, 3.63) is 30.3 Å². The molecule has 0 saturated heterocycles. The van der Waals surface area contributed by atoms with Gasteiger partial charge in [-0.1, -0.05) is 18.2 Å². The molecule has 0 heterocycles. The Morgan fingerprint density at radius 3 is 2.46 bits per heavy atom. The van der Waals surface area contributed by atoms with E-state index in [-0.39, 0.29) is 4.90 Å². The third-order valence-electron chi connectivity index (χ3n) is 1.29. The smallest absolute Gasteiger partial charge is 0.283 e. The number of benzene rings is 1. The van der Waals surface area contributed by atoms with E-state index in [1.54, 1.807) is 18.2 Å². The van der Waals surface area contributed by atoms with E-state index in [4.69, 9.17) is 5.21 Å². The van der Waals surface area contributed by atoms with Crippen LogP contribution in [0.4, 0.5) is 0 Å². The summed E-state index contributed by atoms with van der Waals surface area (Å²) in [6.07, 6.45) is 0.697. The van der Waals surface area contributed by atoms with Gasteiger partial charge in [-0.3, -0.25) is 10.7 Å². The normalized spacial score (nSPS) is 11.8. The minimum atomic E-state index is -3.68. The fraction of sp³-hybridized carbons (Fsp3) is 0. The highest BCUT2D eigenvalue weighted by atomic mass is 32.2. The van der Waals surface area contributed by atoms with Crippen LogP contribution < -0.4 is 5.48 Å². The van der Waals surface area contributed by atoms with Gasteiger partial charge in [-0.2, -0.15) is 8.42 Å². The number of rotatable bonds is 3. The van der Waals surface area contributed by atoms with Crippen molar-refractivity contribution in [3.63, 3.8) is 0 Å². The molecule has 0 aliphatic heterocycles. The molecule has 0 amide bonds. The number of sulfonamides is 1. The van der Waals surface area contributed by atoms with E-state index in [1.807, 2.05) is 0 Å². The highest BCUT2D eigenvalue weighted by molar-refractivity contribution is 7.90. The molecule has 0 aliphatic carbocycles. The molecule has 0 aliphatic rings. The summed E-state index contributed by atoms with van der Waals surface area (Å²) in [5.41, 5.74) is 1.52. The second-order valence-electron chi connectivity index (χ2n) is 2.15. The molecule has 13 heavy (non-hydrogen) atoms. The zero-order valence-corrected chi connectivity index (χ0v) is 7.40. The number of nitrogens with one attached hydrogen (secondary N) is 1. The summed E-state index contributed by atoms with van der Waals surface area (Å²) < 4.78 is 25.6. The van der Waals surface area contributed by atoms with Crippen LogP contribution in [0.3, 0.4) is 0 Å². The van der Waals surface area contributed by atoms with E-state index in [0.717, 1.165) is 0 Å². The molecule has 5 nitrogen and oxygen atoms in total. The lowest BCUT2D eigenvalue weighted by molar-refractivity contribution is 0.240. The minimum Gasteiger partial charge on any atom is -0.290 e. The van der Waals surface area contributed by atoms with Gasteiger partial charge in [-0.05, 0) is 12.1 Å². The largest absolute Gasteiger partial charge is 0.290 e. The summed E-state index contributed by atoms with van der Waals surface area (Å²) in [6, 6.07) is 7.73. The van der Waals surface area contributed by atoms with Gasteiger partial charge in [-0.25, -0.2) is 0 Å². The molecule has 0 saturated carbocycles. The Hall–Kier alpha value is -1.40. The van der Waals surface area contributed by atoms with E-state index in [0.29, 0.717) is 6.34 Å². The van der Waals surface area contributed by atoms with Crippen LogP contribution in [0.1, 0.15) is 0 Å². The van der Waals surface area contributed by atoms with Crippen molar-refractivity contribution in [3.8, 4) is 0 Å². The van der Waals surface area contributed by atoms with Gasteiger partial charge in [0.1, 0.15) is 6.34 Å². The Labute approximate surface area is 75.8 Å². The summed E-state index contributed by atoms with van der Waals surface area (Å²) in [6.45, 7) is 0. The number of hydrogen-bond donors (Lipinski definition) is 2. The molecule has 0 aromatic heterocycles. The molecule has 0 unspecified atom stereocenters. The minimum absolute atomic E-state index is 0.0847. The molecule has 1 aromatic carbocycles. The summed E-state index contributed by atoms with van der Waals surface area (Å²) >= 11 is 0. The van der Waals surface area contributed by atoms with Crippen molar-refractivity contribution in [1.82, 2.24) is 5.48 Å². The van der Waals surface area contributed by atoms with Gasteiger partial charge in [-0.15, -0.1) is 4.40 Å². The predicted octanol–water partition coefficient (Wildman–Crippen LogP) is 0.382. The monoisotopic (exact) mass is 200 g/mol. The first-order valence-corrected chi connectivity index (χ1v) is 4.84. The van der Waals surface area contributed by atoms with Crippen molar-refractivity contribution in [2.45, 2.75) is 4.90 Å². The van der Waals surface area contributed by atoms with E-state index < -0.39 is 10.0 Å². The van der Waals surface area contributed by atoms with Crippen molar-refractivity contribution in [2.75, 3.05) is 0 Å². The van der Waals surface area contributed by atoms with Gasteiger partial charge in [0.25, 0.3) is 10.0 Å². The van der Waals surface area contributed by atoms with Crippen LogP contribution in [0.15, 0.2) is 39.6 Å². The van der Waals surface area contributed by atoms with Gasteiger partial charge in [0, 0.05) is 0 Å². The number of nitrogens with zero attached hydrogens (tertiary/aromatic N) is 1. The standard InChI is InChI=1S/C7H8N2O3S/c10-8-6-9-13(11,12)7-4-2-1-3-5-7/h1-6,10H,(H,8,9). The number of hydroxylamine groups is 1. The maximum Gasteiger partial charge on any atom is 0.283 e. The average molecular weight is 200 g/mol. The highest BCUT2D eigenvalue weighted by Crippen LogP contribution is 2.09. The fourth-order valence-corrected chi connectivity index (χ4v) is 1.55. The van der Waals surface area contributed by atoms with Crippen LogP contribution in [0, 0.1) is 0 Å². The van der Waals surface area contributed by atoms with E-state index >= 15 is 0 Å². The van der Waals surface area contributed by atoms with Crippen LogP contribution in [0.2, 0.25) is 0 Å². The first kappa shape index (κ1) is 9.69. The SMILES string of the molecule is O=S(=O)(N=CNO)c1ccccc1. The maximum atomic E-state index is 11.2. The van der Waals surface area contributed by atoms with Crippen molar-refractivity contribution in [1.29, 1.82) is 0 Å². The highest BCUT2D eigenvalue weighted by Gasteiger charge is 2.09. The molecule has 0 atom stereocenters. The van der Waals surface area contributed by atoms with Crippen LogP contribution in [-0.2, 0) is 10.0 Å². The van der Waals surface area contributed by atoms with Crippen molar-refractivity contribution in [2.24, 2.45) is 4.40 Å². The molecule has 0 bridgehead atoms. The first-order valence-electron chi connectivity index (χ1n) is 3.40. The average Bonchev–Trinajstić information content (AvgIpc) is 2.16. The first-order chi connectivity index (χ1) is 6.17. The molecular formula is C7H8N2O3S. The lowest BCUT2D eigenvalue weighted by Crippen LogP contribution is -2.06. The zero-order valence-electron chi connectivity index (χ0n) is 6.58. The number of hydrogen-bond acceptors (Lipinski definition) is 3. The third-order valence-corrected chi connectivity index (χ3v) is 2.54. The van der Waals surface area contributed by atoms with Crippen molar-refractivity contribution >= 4 is 16.4 Å². The summed E-state index contributed by atoms with van der Waals surface area (Å²) in [4.78, 5) is 0.0847. The van der Waals surface area contributed by atoms with Gasteiger partial charge in [0.05, 0.1) is 4.90 Å². The van der Waals surface area contributed by atoms with E-state index in [1.165, 1.54) is 17.6 Å². The van der Waals surface area contributed by atoms with Gasteiger partial charge >= 0.3 is 0 Å². The van der Waals surface area contributed by atoms with Crippen molar-refractivity contribution < 1.29 is 13.6 Å². The molecule has 70 valence electrons. The molecule has 0 spiro atoms. The molecule has 0 fully saturated rings. The lowest BCUT2D eigenvalue weighted by atomic mass is 10.4. The second-order valence-corrected chi connectivity index (χ2v) is 3.78.